The molecule has 0 aromatic heterocycles. The minimum Gasteiger partial charge on any atom is -0.101 e. The van der Waals surface area contributed by atoms with Crippen molar-refractivity contribution in [1.82, 2.24) is 0 Å². The highest BCUT2D eigenvalue weighted by Crippen LogP contribution is 2.42. The Balaban J connectivity index is 2.55. The first-order valence-electron chi connectivity index (χ1n) is 7.04. The van der Waals surface area contributed by atoms with Crippen molar-refractivity contribution in [2.24, 2.45) is 5.41 Å². The van der Waals surface area contributed by atoms with Crippen LogP contribution in [0.5, 0.6) is 0 Å². The molecule has 0 saturated carbocycles. The van der Waals surface area contributed by atoms with Crippen LogP contribution in [0.4, 0.5) is 0 Å². The van der Waals surface area contributed by atoms with Crippen molar-refractivity contribution < 1.29 is 0 Å². The lowest BCUT2D eigenvalue weighted by Crippen LogP contribution is -2.24. The normalized spacial score (nSPS) is 14.1. The third kappa shape index (κ3) is 7.14. The molecule has 0 aliphatic heterocycles. The summed E-state index contributed by atoms with van der Waals surface area (Å²) in [7, 11) is 0. The van der Waals surface area contributed by atoms with E-state index in [1.165, 1.54) is 5.56 Å². The summed E-state index contributed by atoms with van der Waals surface area (Å²) in [5, 5.41) is 0.418. The van der Waals surface area contributed by atoms with Crippen molar-refractivity contribution >= 4 is 39.3 Å². The molecule has 0 nitrogen and oxygen atoms in total. The molecule has 0 radical (unpaired) electrons. The molecule has 3 heteroatoms. The lowest BCUT2D eigenvalue weighted by molar-refractivity contribution is 0.340. The van der Waals surface area contributed by atoms with Crippen LogP contribution in [0, 0.1) is 5.41 Å². The van der Waals surface area contributed by atoms with Crippen molar-refractivity contribution in [2.45, 2.75) is 58.0 Å². The van der Waals surface area contributed by atoms with Crippen molar-refractivity contribution in [3.63, 3.8) is 0 Å². The highest BCUT2D eigenvalue weighted by Gasteiger charge is 2.28. The topological polar surface area (TPSA) is 0 Å². The maximum Gasteiger partial charge on any atom is 0.105 e. The molecule has 1 aromatic rings. The average Bonchev–Trinajstić information content (AvgIpc) is 2.25. The number of thiocarbonyl (C=S) groups is 1. The maximum absolute atomic E-state index is 5.59. The summed E-state index contributed by atoms with van der Waals surface area (Å²) in [6.45, 7) is 13.7. The monoisotopic (exact) mass is 326 g/mol. The number of thioether (sulfide) groups is 2. The van der Waals surface area contributed by atoms with Crippen molar-refractivity contribution in [1.29, 1.82) is 0 Å². The average molecular weight is 327 g/mol. The molecule has 1 unspecified atom stereocenters. The van der Waals surface area contributed by atoms with E-state index in [4.69, 9.17) is 12.2 Å². The van der Waals surface area contributed by atoms with Crippen LogP contribution in [0.2, 0.25) is 0 Å². The zero-order valence-electron chi connectivity index (χ0n) is 13.4. The lowest BCUT2D eigenvalue weighted by atomic mass is 9.86. The molecule has 0 N–H and O–H groups in total. The second-order valence-corrected chi connectivity index (χ2v) is 11.3. The van der Waals surface area contributed by atoms with Gasteiger partial charge in [-0.2, -0.15) is 0 Å². The summed E-state index contributed by atoms with van der Waals surface area (Å²) in [6.07, 6.45) is 1.16. The molecule has 0 amide bonds. The van der Waals surface area contributed by atoms with Gasteiger partial charge in [0.05, 0.1) is 0 Å². The summed E-state index contributed by atoms with van der Waals surface area (Å²) in [4.78, 5) is 0. The van der Waals surface area contributed by atoms with Gasteiger partial charge in [0.25, 0.3) is 0 Å². The Hall–Kier alpha value is 0.01000. The van der Waals surface area contributed by atoms with E-state index in [9.17, 15) is 0 Å². The largest absolute Gasteiger partial charge is 0.105 e. The number of hydrogen-bond acceptors (Lipinski definition) is 3. The van der Waals surface area contributed by atoms with Crippen LogP contribution in [0.25, 0.3) is 0 Å². The third-order valence-corrected chi connectivity index (χ3v) is 5.62. The second-order valence-electron chi connectivity index (χ2n) is 7.02. The molecule has 0 spiro atoms. The van der Waals surface area contributed by atoms with Gasteiger partial charge in [-0.15, -0.1) is 11.8 Å². The zero-order chi connectivity index (χ0) is 15.4. The minimum absolute atomic E-state index is 0.193. The van der Waals surface area contributed by atoms with Gasteiger partial charge in [-0.25, -0.2) is 0 Å². The van der Waals surface area contributed by atoms with Crippen LogP contribution >= 0.6 is 35.7 Å². The molecule has 1 aromatic carbocycles. The van der Waals surface area contributed by atoms with Gasteiger partial charge in [-0.1, -0.05) is 88.9 Å². The predicted molar refractivity (Wildman–Crippen MR) is 101 cm³/mol. The molecule has 0 fully saturated rings. The molecule has 1 atom stereocenters. The van der Waals surface area contributed by atoms with Gasteiger partial charge in [-0.3, -0.25) is 0 Å². The Morgan fingerprint density at radius 1 is 1.10 bits per heavy atom. The summed E-state index contributed by atoms with van der Waals surface area (Å²) in [5.74, 6) is 0. The van der Waals surface area contributed by atoms with E-state index < -0.39 is 0 Å². The molecule has 0 saturated heterocycles. The first kappa shape index (κ1) is 18.1. The van der Waals surface area contributed by atoms with Crippen LogP contribution in [-0.2, 0) is 0 Å². The number of rotatable bonds is 4. The van der Waals surface area contributed by atoms with Gasteiger partial charge in [0.15, 0.2) is 0 Å². The molecule has 0 heterocycles. The fraction of sp³-hybridized carbons (Fsp3) is 0.588. The first-order valence-corrected chi connectivity index (χ1v) is 9.14. The molecular weight excluding hydrogens is 300 g/mol. The standard InChI is InChI=1S/C17H26S3/c1-13(14-10-8-7-9-11-14)19-15(18)20-17(5,6)12-16(2,3)4/h7-11,13H,12H2,1-6H3. The van der Waals surface area contributed by atoms with Crippen molar-refractivity contribution in [2.75, 3.05) is 0 Å². The highest BCUT2D eigenvalue weighted by atomic mass is 32.2. The fourth-order valence-electron chi connectivity index (χ4n) is 2.50. The SMILES string of the molecule is CC(SC(=S)SC(C)(C)CC(C)(C)C)c1ccccc1. The van der Waals surface area contributed by atoms with Crippen LogP contribution < -0.4 is 0 Å². The van der Waals surface area contributed by atoms with E-state index in [-0.39, 0.29) is 4.75 Å². The maximum atomic E-state index is 5.59. The van der Waals surface area contributed by atoms with E-state index >= 15 is 0 Å². The van der Waals surface area contributed by atoms with Crippen LogP contribution in [-0.4, -0.2) is 8.28 Å². The molecule has 0 aliphatic carbocycles. The van der Waals surface area contributed by atoms with Gasteiger partial charge in [0, 0.05) is 10.00 Å². The molecule has 1 rings (SSSR count). The Morgan fingerprint density at radius 2 is 1.65 bits per heavy atom. The van der Waals surface area contributed by atoms with E-state index in [1.807, 2.05) is 11.8 Å². The van der Waals surface area contributed by atoms with E-state index in [1.54, 1.807) is 11.8 Å². The van der Waals surface area contributed by atoms with E-state index in [0.29, 0.717) is 10.7 Å². The summed E-state index contributed by atoms with van der Waals surface area (Å²) >= 11 is 9.24. The zero-order valence-corrected chi connectivity index (χ0v) is 15.8. The Bertz CT molecular complexity index is 429. The molecule has 112 valence electrons. The second kappa shape index (κ2) is 7.33. The summed E-state index contributed by atoms with van der Waals surface area (Å²) in [5.41, 5.74) is 1.68. The van der Waals surface area contributed by atoms with Gasteiger partial charge in [0.1, 0.15) is 3.53 Å². The Kier molecular flexibility index (Phi) is 6.62. The van der Waals surface area contributed by atoms with Crippen molar-refractivity contribution in [3.05, 3.63) is 35.9 Å². The van der Waals surface area contributed by atoms with Gasteiger partial charge < -0.3 is 0 Å². The number of benzene rings is 1. The van der Waals surface area contributed by atoms with Crippen LogP contribution in [0.1, 0.15) is 58.8 Å². The van der Waals surface area contributed by atoms with Crippen LogP contribution in [0.3, 0.4) is 0 Å². The molecule has 0 aliphatic rings. The van der Waals surface area contributed by atoms with E-state index in [0.717, 1.165) is 9.95 Å². The molecular formula is C17H26S3. The summed E-state index contributed by atoms with van der Waals surface area (Å²) in [6, 6.07) is 10.6. The summed E-state index contributed by atoms with van der Waals surface area (Å²) < 4.78 is 1.24. The van der Waals surface area contributed by atoms with Gasteiger partial charge >= 0.3 is 0 Å². The smallest absolute Gasteiger partial charge is 0.101 e. The molecule has 0 bridgehead atoms. The quantitative estimate of drug-likeness (QED) is 0.564. The minimum atomic E-state index is 0.193. The van der Waals surface area contributed by atoms with Gasteiger partial charge in [-0.05, 0) is 24.3 Å². The Labute approximate surface area is 138 Å². The third-order valence-electron chi connectivity index (χ3n) is 2.86. The molecule has 20 heavy (non-hydrogen) atoms. The van der Waals surface area contributed by atoms with Crippen LogP contribution in [0.15, 0.2) is 30.3 Å². The lowest BCUT2D eigenvalue weighted by Gasteiger charge is -2.32. The fourth-order valence-corrected chi connectivity index (χ4v) is 6.45. The highest BCUT2D eigenvalue weighted by molar-refractivity contribution is 8.47. The van der Waals surface area contributed by atoms with E-state index in [2.05, 4.69) is 71.9 Å². The predicted octanol–water partition coefficient (Wildman–Crippen LogP) is 6.71. The first-order chi connectivity index (χ1) is 9.09. The van der Waals surface area contributed by atoms with Gasteiger partial charge in [0.2, 0.25) is 0 Å². The Morgan fingerprint density at radius 3 is 2.15 bits per heavy atom. The number of hydrogen-bond donors (Lipinski definition) is 0. The van der Waals surface area contributed by atoms with Crippen molar-refractivity contribution in [3.8, 4) is 0 Å².